The first kappa shape index (κ1) is 35.3. The molecule has 9 nitrogen and oxygen atoms in total. The molecule has 0 saturated carbocycles. The molecule has 9 heteroatoms. The molecule has 1 heterocycles. The van der Waals surface area contributed by atoms with Crippen LogP contribution in [0.4, 0.5) is 0 Å². The van der Waals surface area contributed by atoms with Crippen molar-refractivity contribution in [1.29, 1.82) is 0 Å². The highest BCUT2D eigenvalue weighted by Gasteiger charge is 2.50. The maximum absolute atomic E-state index is 14.0. The zero-order chi connectivity index (χ0) is 32.9. The van der Waals surface area contributed by atoms with Gasteiger partial charge in [0, 0.05) is 30.6 Å². The molecule has 4 rings (SSSR count). The van der Waals surface area contributed by atoms with E-state index in [1.54, 1.807) is 25.2 Å². The maximum atomic E-state index is 14.0. The summed E-state index contributed by atoms with van der Waals surface area (Å²) in [4.78, 5) is 29.2. The fourth-order valence-corrected chi connectivity index (χ4v) is 6.68. The summed E-state index contributed by atoms with van der Waals surface area (Å²) < 4.78 is 17.3. The SMILES string of the molecule is CCCCCCCCCCCC(=O)N(CCc1cc(OC)ccc1OC)C1C=C(C(=O)NCCO)C2c3ccccc3OC2C1O. The lowest BCUT2D eigenvalue weighted by molar-refractivity contribution is -0.137. The summed E-state index contributed by atoms with van der Waals surface area (Å²) in [7, 11) is 3.22. The predicted octanol–water partition coefficient (Wildman–Crippen LogP) is 5.32. The molecular formula is C37H52N2O7. The number of amides is 2. The highest BCUT2D eigenvalue weighted by Crippen LogP contribution is 2.47. The summed E-state index contributed by atoms with van der Waals surface area (Å²) in [6, 6.07) is 12.3. The molecule has 4 atom stereocenters. The number of hydrogen-bond acceptors (Lipinski definition) is 7. The van der Waals surface area contributed by atoms with Gasteiger partial charge in [-0.1, -0.05) is 76.5 Å². The zero-order valence-corrected chi connectivity index (χ0v) is 27.7. The normalized spacial score (nSPS) is 19.8. The number of carbonyl (C=O) groups excluding carboxylic acids is 2. The summed E-state index contributed by atoms with van der Waals surface area (Å²) in [5, 5.41) is 24.0. The lowest BCUT2D eigenvalue weighted by Crippen LogP contribution is -2.56. The number of ether oxygens (including phenoxy) is 3. The molecule has 0 aromatic heterocycles. The smallest absolute Gasteiger partial charge is 0.247 e. The monoisotopic (exact) mass is 636 g/mol. The van der Waals surface area contributed by atoms with Crippen molar-refractivity contribution in [2.45, 2.75) is 102 Å². The highest BCUT2D eigenvalue weighted by molar-refractivity contribution is 5.96. The number of hydrogen-bond donors (Lipinski definition) is 3. The average Bonchev–Trinajstić information content (AvgIpc) is 3.47. The number of rotatable bonds is 19. The number of aliphatic hydroxyl groups excluding tert-OH is 2. The summed E-state index contributed by atoms with van der Waals surface area (Å²) in [6.45, 7) is 2.42. The first-order valence-electron chi connectivity index (χ1n) is 17.0. The number of methoxy groups -OCH3 is 2. The van der Waals surface area contributed by atoms with E-state index in [2.05, 4.69) is 12.2 Å². The molecule has 2 amide bonds. The standard InChI is InChI=1S/C37H52N2O7/c1-4-5-6-7-8-9-10-11-12-17-33(41)39(22-20-26-24-27(44-2)18-19-31(26)45-3)30-25-29(37(43)38-21-23-40)34-28-15-13-14-16-32(28)46-36(34)35(30)42/h13-16,18-19,24-25,30,34-36,40,42H,4-12,17,20-23H2,1-3H3,(H,38,43). The lowest BCUT2D eigenvalue weighted by Gasteiger charge is -2.41. The van der Waals surface area contributed by atoms with E-state index in [4.69, 9.17) is 14.2 Å². The maximum Gasteiger partial charge on any atom is 0.247 e. The molecule has 1 aliphatic carbocycles. The minimum atomic E-state index is -1.06. The van der Waals surface area contributed by atoms with E-state index in [1.165, 1.54) is 38.5 Å². The minimum Gasteiger partial charge on any atom is -0.497 e. The number of benzene rings is 2. The molecular weight excluding hydrogens is 584 g/mol. The first-order valence-corrected chi connectivity index (χ1v) is 17.0. The second kappa shape index (κ2) is 18.0. The van der Waals surface area contributed by atoms with Gasteiger partial charge in [-0.2, -0.15) is 0 Å². The Balaban J connectivity index is 1.57. The van der Waals surface area contributed by atoms with Gasteiger partial charge in [0.15, 0.2) is 0 Å². The summed E-state index contributed by atoms with van der Waals surface area (Å²) in [5.41, 5.74) is 2.13. The molecule has 3 N–H and O–H groups in total. The Morgan fingerprint density at radius 2 is 1.67 bits per heavy atom. The Bertz CT molecular complexity index is 1310. The molecule has 1 aliphatic heterocycles. The average molecular weight is 637 g/mol. The first-order chi connectivity index (χ1) is 22.4. The van der Waals surface area contributed by atoms with Crippen molar-refractivity contribution in [3.05, 3.63) is 65.2 Å². The van der Waals surface area contributed by atoms with Gasteiger partial charge in [0.1, 0.15) is 29.5 Å². The molecule has 4 unspecified atom stereocenters. The third kappa shape index (κ3) is 8.82. The Morgan fingerprint density at radius 1 is 0.957 bits per heavy atom. The van der Waals surface area contributed by atoms with Crippen LogP contribution in [-0.4, -0.2) is 79.1 Å². The second-order valence-electron chi connectivity index (χ2n) is 12.3. The van der Waals surface area contributed by atoms with Gasteiger partial charge >= 0.3 is 0 Å². The molecule has 0 radical (unpaired) electrons. The van der Waals surface area contributed by atoms with Crippen LogP contribution in [0.3, 0.4) is 0 Å². The highest BCUT2D eigenvalue weighted by atomic mass is 16.5. The van der Waals surface area contributed by atoms with Crippen molar-refractivity contribution in [1.82, 2.24) is 10.2 Å². The molecule has 0 bridgehead atoms. The second-order valence-corrected chi connectivity index (χ2v) is 12.3. The third-order valence-corrected chi connectivity index (χ3v) is 9.16. The summed E-state index contributed by atoms with van der Waals surface area (Å²) in [5.74, 6) is 1.08. The fraction of sp³-hybridized carbons (Fsp3) is 0.568. The van der Waals surface area contributed by atoms with Crippen molar-refractivity contribution in [2.75, 3.05) is 33.9 Å². The van der Waals surface area contributed by atoms with Crippen LogP contribution in [0, 0.1) is 0 Å². The number of nitrogens with one attached hydrogen (secondary N) is 1. The van der Waals surface area contributed by atoms with Crippen LogP contribution in [-0.2, 0) is 16.0 Å². The number of para-hydroxylation sites is 1. The number of fused-ring (bicyclic) bond motifs is 3. The van der Waals surface area contributed by atoms with Crippen LogP contribution in [0.1, 0.15) is 88.2 Å². The van der Waals surface area contributed by atoms with E-state index in [-0.39, 0.29) is 25.0 Å². The largest absolute Gasteiger partial charge is 0.497 e. The van der Waals surface area contributed by atoms with Crippen molar-refractivity contribution < 1.29 is 34.0 Å². The van der Waals surface area contributed by atoms with Crippen LogP contribution in [0.25, 0.3) is 0 Å². The van der Waals surface area contributed by atoms with Gasteiger partial charge in [-0.15, -0.1) is 0 Å². The zero-order valence-electron chi connectivity index (χ0n) is 27.7. The van der Waals surface area contributed by atoms with Gasteiger partial charge < -0.3 is 34.6 Å². The van der Waals surface area contributed by atoms with Gasteiger partial charge in [-0.3, -0.25) is 9.59 Å². The van der Waals surface area contributed by atoms with Crippen LogP contribution in [0.5, 0.6) is 17.2 Å². The van der Waals surface area contributed by atoms with Gasteiger partial charge in [0.2, 0.25) is 11.8 Å². The number of carbonyl (C=O) groups is 2. The van der Waals surface area contributed by atoms with E-state index < -0.39 is 24.2 Å². The lowest BCUT2D eigenvalue weighted by atomic mass is 9.77. The molecule has 2 aliphatic rings. The Hall–Kier alpha value is -3.56. The van der Waals surface area contributed by atoms with Gasteiger partial charge in [-0.25, -0.2) is 0 Å². The minimum absolute atomic E-state index is 0.0748. The van der Waals surface area contributed by atoms with E-state index in [0.717, 1.165) is 30.4 Å². The summed E-state index contributed by atoms with van der Waals surface area (Å²) in [6.07, 6.45) is 11.1. The van der Waals surface area contributed by atoms with E-state index in [0.29, 0.717) is 42.2 Å². The molecule has 2 aromatic carbocycles. The van der Waals surface area contributed by atoms with Crippen molar-refractivity contribution >= 4 is 11.8 Å². The summed E-state index contributed by atoms with van der Waals surface area (Å²) >= 11 is 0. The van der Waals surface area contributed by atoms with E-state index >= 15 is 0 Å². The Labute approximate surface area is 273 Å². The van der Waals surface area contributed by atoms with E-state index in [1.807, 2.05) is 42.5 Å². The molecule has 46 heavy (non-hydrogen) atoms. The van der Waals surface area contributed by atoms with Gasteiger partial charge in [0.05, 0.1) is 32.8 Å². The van der Waals surface area contributed by atoms with Gasteiger partial charge in [-0.05, 0) is 48.7 Å². The van der Waals surface area contributed by atoms with Crippen LogP contribution < -0.4 is 19.5 Å². The van der Waals surface area contributed by atoms with Crippen LogP contribution in [0.2, 0.25) is 0 Å². The van der Waals surface area contributed by atoms with Crippen molar-refractivity contribution in [2.24, 2.45) is 0 Å². The molecule has 252 valence electrons. The molecule has 0 saturated heterocycles. The predicted molar refractivity (Wildman–Crippen MR) is 178 cm³/mol. The van der Waals surface area contributed by atoms with E-state index in [9.17, 15) is 19.8 Å². The fourth-order valence-electron chi connectivity index (χ4n) is 6.68. The van der Waals surface area contributed by atoms with Crippen molar-refractivity contribution in [3.63, 3.8) is 0 Å². The molecule has 0 fully saturated rings. The van der Waals surface area contributed by atoms with Crippen molar-refractivity contribution in [3.8, 4) is 17.2 Å². The molecule has 2 aromatic rings. The number of nitrogens with zero attached hydrogens (tertiary/aromatic N) is 1. The number of unbranched alkanes of at least 4 members (excludes halogenated alkanes) is 8. The Morgan fingerprint density at radius 3 is 2.37 bits per heavy atom. The third-order valence-electron chi connectivity index (χ3n) is 9.16. The number of aliphatic hydroxyl groups is 2. The molecule has 0 spiro atoms. The van der Waals surface area contributed by atoms with Crippen LogP contribution >= 0.6 is 0 Å². The quantitative estimate of drug-likeness (QED) is 0.179. The van der Waals surface area contributed by atoms with Crippen LogP contribution in [0.15, 0.2) is 54.1 Å². The topological polar surface area (TPSA) is 118 Å². The van der Waals surface area contributed by atoms with Gasteiger partial charge in [0.25, 0.3) is 0 Å². The Kier molecular flexibility index (Phi) is 13.8.